The molecule has 0 atom stereocenters. The Kier molecular flexibility index (Phi) is 4.72. The fourth-order valence-corrected chi connectivity index (χ4v) is 4.93. The van der Waals surface area contributed by atoms with Crippen LogP contribution >= 0.6 is 0 Å². The Balaban J connectivity index is 1.52. The molecule has 1 N–H and O–H groups in total. The number of nitrogens with one attached hydrogen (secondary N) is 1. The van der Waals surface area contributed by atoms with Crippen LogP contribution in [0.25, 0.3) is 0 Å². The Bertz CT molecular complexity index is 991. The molecule has 4 rings (SSSR count). The summed E-state index contributed by atoms with van der Waals surface area (Å²) in [4.78, 5) is 9.80. The Hall–Kier alpha value is -1.96. The van der Waals surface area contributed by atoms with E-state index in [0.717, 1.165) is 36.2 Å². The van der Waals surface area contributed by atoms with Crippen molar-refractivity contribution < 1.29 is 17.2 Å². The highest BCUT2D eigenvalue weighted by Gasteiger charge is 2.36. The van der Waals surface area contributed by atoms with Crippen LogP contribution in [0.5, 0.6) is 0 Å². The normalized spacial score (nSPS) is 20.2. The second kappa shape index (κ2) is 6.83. The second-order valence-corrected chi connectivity index (χ2v) is 10.1. The average Bonchev–Trinajstić information content (AvgIpc) is 3.03. The number of hydrogen-bond donors (Lipinski definition) is 1. The van der Waals surface area contributed by atoms with Gasteiger partial charge >= 0.3 is 0 Å². The van der Waals surface area contributed by atoms with Gasteiger partial charge < -0.3 is 9.88 Å². The molecular formula is C20H25F2N3O2S. The molecule has 2 aromatic heterocycles. The lowest BCUT2D eigenvalue weighted by atomic mass is 9.85. The Morgan fingerprint density at radius 1 is 1.25 bits per heavy atom. The molecule has 2 aromatic rings. The summed E-state index contributed by atoms with van der Waals surface area (Å²) in [7, 11) is -3.33. The van der Waals surface area contributed by atoms with E-state index in [1.54, 1.807) is 12.3 Å². The topological polar surface area (TPSA) is 66.1 Å². The second-order valence-electron chi connectivity index (χ2n) is 8.11. The van der Waals surface area contributed by atoms with Gasteiger partial charge in [-0.3, -0.25) is 0 Å². The molecule has 0 radical (unpaired) electrons. The van der Waals surface area contributed by atoms with Crippen LogP contribution in [0, 0.1) is 6.92 Å². The average molecular weight is 410 g/mol. The van der Waals surface area contributed by atoms with Crippen molar-refractivity contribution in [2.45, 2.75) is 62.4 Å². The molecule has 1 saturated carbocycles. The minimum absolute atomic E-state index is 0.0367. The third-order valence-electron chi connectivity index (χ3n) is 5.94. The molecule has 0 unspecified atom stereocenters. The van der Waals surface area contributed by atoms with E-state index in [0.29, 0.717) is 19.4 Å². The van der Waals surface area contributed by atoms with Gasteiger partial charge in [-0.25, -0.2) is 22.2 Å². The number of aromatic nitrogens is 2. The molecule has 1 fully saturated rings. The van der Waals surface area contributed by atoms with Gasteiger partial charge in [-0.1, -0.05) is 0 Å². The first-order chi connectivity index (χ1) is 13.1. The largest absolute Gasteiger partial charge is 0.365 e. The molecule has 1 aliphatic carbocycles. The molecule has 8 heteroatoms. The third kappa shape index (κ3) is 3.79. The van der Waals surface area contributed by atoms with Gasteiger partial charge in [0.05, 0.1) is 11.9 Å². The van der Waals surface area contributed by atoms with Crippen LogP contribution < -0.4 is 4.90 Å². The van der Waals surface area contributed by atoms with Crippen LogP contribution in [0.2, 0.25) is 0 Å². The van der Waals surface area contributed by atoms with E-state index in [4.69, 9.17) is 0 Å². The lowest BCUT2D eigenvalue weighted by Gasteiger charge is -2.30. The van der Waals surface area contributed by atoms with Crippen LogP contribution in [0.15, 0.2) is 23.4 Å². The summed E-state index contributed by atoms with van der Waals surface area (Å²) in [6.45, 7) is 3.40. The van der Waals surface area contributed by atoms with Gasteiger partial charge in [0.25, 0.3) is 0 Å². The number of anilines is 1. The molecule has 3 heterocycles. The van der Waals surface area contributed by atoms with Crippen LogP contribution in [0.3, 0.4) is 0 Å². The van der Waals surface area contributed by atoms with Crippen molar-refractivity contribution in [2.24, 2.45) is 0 Å². The number of fused-ring (bicyclic) bond motifs is 1. The number of rotatable bonds is 3. The van der Waals surface area contributed by atoms with Gasteiger partial charge in [0.2, 0.25) is 5.92 Å². The Morgan fingerprint density at radius 2 is 1.96 bits per heavy atom. The van der Waals surface area contributed by atoms with E-state index in [1.807, 2.05) is 6.92 Å². The van der Waals surface area contributed by atoms with Crippen LogP contribution in [0.1, 0.15) is 54.1 Å². The summed E-state index contributed by atoms with van der Waals surface area (Å²) in [6, 6.07) is 3.74. The van der Waals surface area contributed by atoms with Crippen LogP contribution in [-0.4, -0.2) is 37.1 Å². The predicted molar refractivity (Wildman–Crippen MR) is 104 cm³/mol. The van der Waals surface area contributed by atoms with Crippen LogP contribution in [0.4, 0.5) is 14.5 Å². The van der Waals surface area contributed by atoms with Gasteiger partial charge in [0.15, 0.2) is 14.9 Å². The molecule has 0 aromatic carbocycles. The standard InChI is InChI=1S/C20H25F2N3O2S/c1-13-9-19(28(2,26)27)23-11-18(13)25-8-5-16-15(12-25)10-17(24-16)14-3-6-20(21,22)7-4-14/h9-11,14,24H,3-8,12H2,1-2H3. The number of aryl methyl sites for hydroxylation is 1. The van der Waals surface area contributed by atoms with Gasteiger partial charge in [0, 0.05) is 50.0 Å². The van der Waals surface area contributed by atoms with Gasteiger partial charge in [-0.2, -0.15) is 0 Å². The van der Waals surface area contributed by atoms with E-state index in [-0.39, 0.29) is 23.8 Å². The zero-order chi connectivity index (χ0) is 20.1. The summed E-state index contributed by atoms with van der Waals surface area (Å²) >= 11 is 0. The fourth-order valence-electron chi connectivity index (χ4n) is 4.29. The predicted octanol–water partition coefficient (Wildman–Crippen LogP) is 3.98. The summed E-state index contributed by atoms with van der Waals surface area (Å²) in [6.07, 6.45) is 4.59. The lowest BCUT2D eigenvalue weighted by Crippen LogP contribution is -2.30. The number of alkyl halides is 2. The first-order valence-electron chi connectivity index (χ1n) is 9.62. The summed E-state index contributed by atoms with van der Waals surface area (Å²) in [5.41, 5.74) is 5.25. The summed E-state index contributed by atoms with van der Waals surface area (Å²) < 4.78 is 50.3. The highest BCUT2D eigenvalue weighted by atomic mass is 32.2. The minimum atomic E-state index is -3.33. The van der Waals surface area contributed by atoms with Crippen LogP contribution in [-0.2, 0) is 22.8 Å². The smallest absolute Gasteiger partial charge is 0.248 e. The molecule has 0 bridgehead atoms. The van der Waals surface area contributed by atoms with Gasteiger partial charge in [-0.05, 0) is 48.9 Å². The zero-order valence-corrected chi connectivity index (χ0v) is 17.0. The summed E-state index contributed by atoms with van der Waals surface area (Å²) in [5.74, 6) is -2.33. The molecule has 28 heavy (non-hydrogen) atoms. The Labute approximate surface area is 164 Å². The van der Waals surface area contributed by atoms with Crippen molar-refractivity contribution >= 4 is 15.5 Å². The quantitative estimate of drug-likeness (QED) is 0.833. The molecule has 0 spiro atoms. The molecule has 1 aliphatic heterocycles. The van der Waals surface area contributed by atoms with Gasteiger partial charge in [0.1, 0.15) is 0 Å². The summed E-state index contributed by atoms with van der Waals surface area (Å²) in [5, 5.41) is 0.0875. The number of nitrogens with zero attached hydrogens (tertiary/aromatic N) is 2. The molecule has 2 aliphatic rings. The molecular weight excluding hydrogens is 384 g/mol. The van der Waals surface area contributed by atoms with E-state index >= 15 is 0 Å². The maximum Gasteiger partial charge on any atom is 0.248 e. The van der Waals surface area contributed by atoms with E-state index in [2.05, 4.69) is 20.9 Å². The first-order valence-corrected chi connectivity index (χ1v) is 11.5. The molecule has 0 saturated heterocycles. The van der Waals surface area contributed by atoms with Crippen molar-refractivity contribution in [1.82, 2.24) is 9.97 Å². The third-order valence-corrected chi connectivity index (χ3v) is 6.92. The van der Waals surface area contributed by atoms with Gasteiger partial charge in [-0.15, -0.1) is 0 Å². The zero-order valence-electron chi connectivity index (χ0n) is 16.1. The minimum Gasteiger partial charge on any atom is -0.365 e. The lowest BCUT2D eigenvalue weighted by molar-refractivity contribution is -0.0384. The number of halogens is 2. The number of H-pyrrole nitrogens is 1. The van der Waals surface area contributed by atoms with Crippen molar-refractivity contribution in [1.29, 1.82) is 0 Å². The maximum atomic E-state index is 13.4. The number of pyridine rings is 1. The molecule has 0 amide bonds. The highest BCUT2D eigenvalue weighted by molar-refractivity contribution is 7.90. The van der Waals surface area contributed by atoms with Crippen molar-refractivity contribution in [3.05, 3.63) is 40.8 Å². The fraction of sp³-hybridized carbons (Fsp3) is 0.550. The van der Waals surface area contributed by atoms with E-state index in [1.165, 1.54) is 11.3 Å². The van der Waals surface area contributed by atoms with Crippen molar-refractivity contribution in [3.8, 4) is 0 Å². The monoisotopic (exact) mass is 409 g/mol. The SMILES string of the molecule is Cc1cc(S(C)(=O)=O)ncc1N1CCc2[nH]c(C3CCC(F)(F)CC3)cc2C1. The van der Waals surface area contributed by atoms with Crippen molar-refractivity contribution in [3.63, 3.8) is 0 Å². The number of hydrogen-bond acceptors (Lipinski definition) is 4. The van der Waals surface area contributed by atoms with E-state index in [9.17, 15) is 17.2 Å². The maximum absolute atomic E-state index is 13.4. The Morgan fingerprint density at radius 3 is 2.61 bits per heavy atom. The highest BCUT2D eigenvalue weighted by Crippen LogP contribution is 2.41. The first kappa shape index (κ1) is 19.4. The van der Waals surface area contributed by atoms with E-state index < -0.39 is 15.8 Å². The number of aromatic amines is 1. The van der Waals surface area contributed by atoms with Crippen molar-refractivity contribution in [2.75, 3.05) is 17.7 Å². The molecule has 152 valence electrons. The molecule has 5 nitrogen and oxygen atoms in total. The number of sulfone groups is 1.